The molecule has 0 fully saturated rings. The second-order valence-corrected chi connectivity index (χ2v) is 5.88. The third kappa shape index (κ3) is 3.64. The Balaban J connectivity index is 2.07. The quantitative estimate of drug-likeness (QED) is 0.655. The molecule has 0 atom stereocenters. The first kappa shape index (κ1) is 14.7. The molecule has 2 aromatic rings. The summed E-state index contributed by atoms with van der Waals surface area (Å²) in [5.74, 6) is 0.915. The second-order valence-electron chi connectivity index (χ2n) is 3.68. The van der Waals surface area contributed by atoms with Gasteiger partial charge in [-0.1, -0.05) is 23.1 Å². The number of esters is 1. The van der Waals surface area contributed by atoms with Gasteiger partial charge in [0.25, 0.3) is 0 Å². The summed E-state index contributed by atoms with van der Waals surface area (Å²) < 4.78 is 5.52. The number of thioether (sulfide) groups is 1. The number of nitrogen functional groups attached to an aromatic ring is 1. The number of carbonyl (C=O) groups excluding carboxylic acids is 1. The van der Waals surface area contributed by atoms with E-state index in [0.29, 0.717) is 33.2 Å². The SMILES string of the molecule is CCOC(=O)CSc1nnc(-c2cnc(C)nc2N)s1. The van der Waals surface area contributed by atoms with Crippen molar-refractivity contribution in [3.05, 3.63) is 12.0 Å². The maximum atomic E-state index is 11.3. The zero-order valence-corrected chi connectivity index (χ0v) is 12.6. The standard InChI is InChI=1S/C11H13N5O2S2/c1-3-18-8(17)5-19-11-16-15-10(20-11)7-4-13-6(2)14-9(7)12/h4H,3,5H2,1-2H3,(H2,12,13,14). The number of carbonyl (C=O) groups is 1. The monoisotopic (exact) mass is 311 g/mol. The highest BCUT2D eigenvalue weighted by Crippen LogP contribution is 2.31. The predicted octanol–water partition coefficient (Wildman–Crippen LogP) is 1.54. The number of anilines is 1. The molecule has 2 rings (SSSR count). The van der Waals surface area contributed by atoms with Crippen molar-refractivity contribution in [3.8, 4) is 10.6 Å². The number of aryl methyl sites for hydroxylation is 1. The Labute approximate surface area is 124 Å². The number of rotatable bonds is 5. The van der Waals surface area contributed by atoms with Gasteiger partial charge in [0.1, 0.15) is 11.6 Å². The maximum absolute atomic E-state index is 11.3. The molecule has 0 aliphatic carbocycles. The summed E-state index contributed by atoms with van der Waals surface area (Å²) in [6.07, 6.45) is 1.62. The zero-order valence-electron chi connectivity index (χ0n) is 11.0. The van der Waals surface area contributed by atoms with Crippen molar-refractivity contribution >= 4 is 34.9 Å². The van der Waals surface area contributed by atoms with Gasteiger partial charge < -0.3 is 10.5 Å². The van der Waals surface area contributed by atoms with E-state index in [1.54, 1.807) is 20.0 Å². The van der Waals surface area contributed by atoms with Gasteiger partial charge in [-0.3, -0.25) is 4.79 Å². The van der Waals surface area contributed by atoms with Crippen LogP contribution in [0.5, 0.6) is 0 Å². The van der Waals surface area contributed by atoms with E-state index >= 15 is 0 Å². The molecule has 9 heteroatoms. The van der Waals surface area contributed by atoms with Gasteiger partial charge in [0.05, 0.1) is 17.9 Å². The van der Waals surface area contributed by atoms with Crippen LogP contribution in [-0.2, 0) is 9.53 Å². The molecule has 2 aromatic heterocycles. The molecule has 0 spiro atoms. The Hall–Kier alpha value is -1.74. The third-order valence-corrected chi connectivity index (χ3v) is 4.26. The molecule has 106 valence electrons. The lowest BCUT2D eigenvalue weighted by Gasteiger charge is -2.00. The topological polar surface area (TPSA) is 104 Å². The first-order valence-corrected chi connectivity index (χ1v) is 7.61. The Morgan fingerprint density at radius 2 is 2.30 bits per heavy atom. The van der Waals surface area contributed by atoms with Gasteiger partial charge in [0, 0.05) is 6.20 Å². The van der Waals surface area contributed by atoms with Crippen molar-refractivity contribution in [2.75, 3.05) is 18.1 Å². The molecule has 2 N–H and O–H groups in total. The molecule has 0 aliphatic heterocycles. The third-order valence-electron chi connectivity index (χ3n) is 2.19. The summed E-state index contributed by atoms with van der Waals surface area (Å²) in [5, 5.41) is 8.67. The van der Waals surface area contributed by atoms with Gasteiger partial charge >= 0.3 is 5.97 Å². The van der Waals surface area contributed by atoms with E-state index in [0.717, 1.165) is 0 Å². The minimum Gasteiger partial charge on any atom is -0.465 e. The lowest BCUT2D eigenvalue weighted by atomic mass is 10.3. The van der Waals surface area contributed by atoms with E-state index in [1.807, 2.05) is 0 Å². The minimum atomic E-state index is -0.271. The molecule has 0 aromatic carbocycles. The Morgan fingerprint density at radius 3 is 3.00 bits per heavy atom. The Kier molecular flexibility index (Phi) is 4.85. The van der Waals surface area contributed by atoms with Gasteiger partial charge in [-0.25, -0.2) is 9.97 Å². The number of ether oxygens (including phenoxy) is 1. The van der Waals surface area contributed by atoms with Crippen molar-refractivity contribution in [2.45, 2.75) is 18.2 Å². The van der Waals surface area contributed by atoms with Crippen LogP contribution in [0.2, 0.25) is 0 Å². The van der Waals surface area contributed by atoms with Crippen LogP contribution in [0.3, 0.4) is 0 Å². The zero-order chi connectivity index (χ0) is 14.5. The lowest BCUT2D eigenvalue weighted by molar-refractivity contribution is -0.139. The van der Waals surface area contributed by atoms with Gasteiger partial charge in [-0.15, -0.1) is 10.2 Å². The second kappa shape index (κ2) is 6.62. The van der Waals surface area contributed by atoms with Crippen LogP contribution in [0.25, 0.3) is 10.6 Å². The Morgan fingerprint density at radius 1 is 1.50 bits per heavy atom. The molecular weight excluding hydrogens is 298 g/mol. The van der Waals surface area contributed by atoms with E-state index in [2.05, 4.69) is 20.2 Å². The molecule has 2 heterocycles. The average molecular weight is 311 g/mol. The summed E-state index contributed by atoms with van der Waals surface area (Å²) in [7, 11) is 0. The van der Waals surface area contributed by atoms with Gasteiger partial charge in [0.15, 0.2) is 9.35 Å². The van der Waals surface area contributed by atoms with Crippen LogP contribution >= 0.6 is 23.1 Å². The maximum Gasteiger partial charge on any atom is 0.316 e. The number of nitrogens with two attached hydrogens (primary N) is 1. The molecule has 0 amide bonds. The van der Waals surface area contributed by atoms with E-state index in [9.17, 15) is 4.79 Å². The fourth-order valence-corrected chi connectivity index (χ4v) is 3.02. The molecule has 20 heavy (non-hydrogen) atoms. The van der Waals surface area contributed by atoms with Crippen LogP contribution in [0.1, 0.15) is 12.7 Å². The average Bonchev–Trinajstić information content (AvgIpc) is 2.85. The summed E-state index contributed by atoms with van der Waals surface area (Å²) in [6, 6.07) is 0. The number of hydrogen-bond donors (Lipinski definition) is 1. The molecule has 0 radical (unpaired) electrons. The number of aromatic nitrogens is 4. The molecule has 7 nitrogen and oxygen atoms in total. The summed E-state index contributed by atoms with van der Waals surface area (Å²) >= 11 is 2.62. The smallest absolute Gasteiger partial charge is 0.316 e. The fraction of sp³-hybridized carbons (Fsp3) is 0.364. The van der Waals surface area contributed by atoms with Crippen molar-refractivity contribution in [3.63, 3.8) is 0 Å². The number of hydrogen-bond acceptors (Lipinski definition) is 9. The highest BCUT2D eigenvalue weighted by Gasteiger charge is 2.13. The molecular formula is C11H13N5O2S2. The van der Waals surface area contributed by atoms with Crippen molar-refractivity contribution in [1.82, 2.24) is 20.2 Å². The van der Waals surface area contributed by atoms with E-state index in [1.165, 1.54) is 23.1 Å². The lowest BCUT2D eigenvalue weighted by Crippen LogP contribution is -2.06. The van der Waals surface area contributed by atoms with E-state index in [-0.39, 0.29) is 11.7 Å². The van der Waals surface area contributed by atoms with Crippen molar-refractivity contribution in [2.24, 2.45) is 0 Å². The van der Waals surface area contributed by atoms with E-state index < -0.39 is 0 Å². The van der Waals surface area contributed by atoms with Gasteiger partial charge in [-0.05, 0) is 13.8 Å². The first-order chi connectivity index (χ1) is 9.60. The first-order valence-electron chi connectivity index (χ1n) is 5.81. The predicted molar refractivity (Wildman–Crippen MR) is 77.4 cm³/mol. The molecule has 0 saturated carbocycles. The highest BCUT2D eigenvalue weighted by atomic mass is 32.2. The van der Waals surface area contributed by atoms with Gasteiger partial charge in [0.2, 0.25) is 0 Å². The summed E-state index contributed by atoms with van der Waals surface area (Å²) in [5.41, 5.74) is 6.48. The van der Waals surface area contributed by atoms with Crippen LogP contribution < -0.4 is 5.73 Å². The molecule has 0 aliphatic rings. The molecule has 0 unspecified atom stereocenters. The van der Waals surface area contributed by atoms with Crippen LogP contribution in [0.15, 0.2) is 10.5 Å². The summed E-state index contributed by atoms with van der Waals surface area (Å²) in [6.45, 7) is 3.91. The van der Waals surface area contributed by atoms with Crippen molar-refractivity contribution in [1.29, 1.82) is 0 Å². The van der Waals surface area contributed by atoms with Crippen molar-refractivity contribution < 1.29 is 9.53 Å². The highest BCUT2D eigenvalue weighted by molar-refractivity contribution is 8.01. The molecule has 0 saturated heterocycles. The Bertz CT molecular complexity index is 617. The number of nitrogens with zero attached hydrogens (tertiary/aromatic N) is 4. The molecule has 0 bridgehead atoms. The summed E-state index contributed by atoms with van der Waals surface area (Å²) in [4.78, 5) is 19.4. The van der Waals surface area contributed by atoms with Crippen LogP contribution in [-0.4, -0.2) is 38.5 Å². The largest absolute Gasteiger partial charge is 0.465 e. The normalized spacial score (nSPS) is 10.5. The van der Waals surface area contributed by atoms with Crippen LogP contribution in [0, 0.1) is 6.92 Å². The fourth-order valence-electron chi connectivity index (χ4n) is 1.35. The minimum absolute atomic E-state index is 0.211. The van der Waals surface area contributed by atoms with Gasteiger partial charge in [-0.2, -0.15) is 0 Å². The van der Waals surface area contributed by atoms with E-state index in [4.69, 9.17) is 10.5 Å². The van der Waals surface area contributed by atoms with Crippen LogP contribution in [0.4, 0.5) is 5.82 Å².